The fourth-order valence-corrected chi connectivity index (χ4v) is 5.16. The molecule has 1 aromatic heterocycles. The molecule has 0 saturated heterocycles. The standard InChI is InChI=1S/C34H30ClFN4O6/c1-45-29-14-9-21(17-30(29)46-2)15-16-37-32(42)23-10-7-22(8-11-23)19-40-33(43)25-5-3-4-6-28(25)39(34(40)44)20-31(41)38-24-12-13-27(36)26(35)18-24/h3-14,17-18H,15-16,19-20H2,1-2H3,(H,37,42)(H,38,41). The number of ether oxygens (including phenoxy) is 2. The molecule has 2 N–H and O–H groups in total. The van der Waals surface area contributed by atoms with Crippen LogP contribution < -0.4 is 31.4 Å². The topological polar surface area (TPSA) is 121 Å². The van der Waals surface area contributed by atoms with Gasteiger partial charge in [0.05, 0.1) is 36.7 Å². The first kappa shape index (κ1) is 32.0. The van der Waals surface area contributed by atoms with Crippen molar-refractivity contribution < 1.29 is 23.5 Å². The molecule has 0 spiro atoms. The second-order valence-electron chi connectivity index (χ2n) is 10.3. The zero-order chi connectivity index (χ0) is 32.8. The van der Waals surface area contributed by atoms with Crippen LogP contribution in [0.4, 0.5) is 10.1 Å². The van der Waals surface area contributed by atoms with Gasteiger partial charge in [0, 0.05) is 17.8 Å². The third-order valence-corrected chi connectivity index (χ3v) is 7.63. The molecule has 10 nitrogen and oxygen atoms in total. The summed E-state index contributed by atoms with van der Waals surface area (Å²) in [6, 6.07) is 22.4. The number of carbonyl (C=O) groups is 2. The summed E-state index contributed by atoms with van der Waals surface area (Å²) in [7, 11) is 3.13. The van der Waals surface area contributed by atoms with Crippen LogP contribution in [-0.4, -0.2) is 41.7 Å². The third-order valence-electron chi connectivity index (χ3n) is 7.34. The molecule has 5 aromatic rings. The largest absolute Gasteiger partial charge is 0.493 e. The Labute approximate surface area is 268 Å². The molecule has 46 heavy (non-hydrogen) atoms. The van der Waals surface area contributed by atoms with Crippen molar-refractivity contribution in [2.75, 3.05) is 26.1 Å². The number of halogens is 2. The molecule has 5 rings (SSSR count). The minimum atomic E-state index is -0.687. The normalized spacial score (nSPS) is 10.9. The highest BCUT2D eigenvalue weighted by Gasteiger charge is 2.17. The Kier molecular flexibility index (Phi) is 9.82. The fraction of sp³-hybridized carbons (Fsp3) is 0.176. The number of hydrogen-bond donors (Lipinski definition) is 2. The maximum absolute atomic E-state index is 13.6. The van der Waals surface area contributed by atoms with Crippen molar-refractivity contribution >= 4 is 40.0 Å². The lowest BCUT2D eigenvalue weighted by Crippen LogP contribution is -2.42. The monoisotopic (exact) mass is 644 g/mol. The van der Waals surface area contributed by atoms with Crippen molar-refractivity contribution in [2.24, 2.45) is 0 Å². The first-order valence-corrected chi connectivity index (χ1v) is 14.6. The maximum Gasteiger partial charge on any atom is 0.332 e. The zero-order valence-corrected chi connectivity index (χ0v) is 25.8. The van der Waals surface area contributed by atoms with Crippen molar-refractivity contribution in [3.63, 3.8) is 0 Å². The molecule has 236 valence electrons. The van der Waals surface area contributed by atoms with Gasteiger partial charge in [-0.15, -0.1) is 0 Å². The van der Waals surface area contributed by atoms with Gasteiger partial charge in [-0.2, -0.15) is 0 Å². The summed E-state index contributed by atoms with van der Waals surface area (Å²) < 4.78 is 26.4. The van der Waals surface area contributed by atoms with Crippen LogP contribution in [0.3, 0.4) is 0 Å². The number of rotatable bonds is 11. The molecule has 1 heterocycles. The number of hydrogen-bond acceptors (Lipinski definition) is 6. The molecule has 0 aliphatic rings. The highest BCUT2D eigenvalue weighted by atomic mass is 35.5. The summed E-state index contributed by atoms with van der Waals surface area (Å²) in [6.07, 6.45) is 0.580. The average Bonchev–Trinajstić information content (AvgIpc) is 3.06. The molecule has 0 fully saturated rings. The summed E-state index contributed by atoms with van der Waals surface area (Å²) in [5, 5.41) is 5.58. The first-order chi connectivity index (χ1) is 22.2. The molecular weight excluding hydrogens is 615 g/mol. The lowest BCUT2D eigenvalue weighted by Gasteiger charge is -2.14. The predicted octanol–water partition coefficient (Wildman–Crippen LogP) is 4.63. The minimum Gasteiger partial charge on any atom is -0.493 e. The molecule has 0 bridgehead atoms. The van der Waals surface area contributed by atoms with Crippen molar-refractivity contribution in [1.82, 2.24) is 14.5 Å². The first-order valence-electron chi connectivity index (χ1n) is 14.2. The van der Waals surface area contributed by atoms with E-state index in [1.807, 2.05) is 18.2 Å². The van der Waals surface area contributed by atoms with Crippen molar-refractivity contribution in [3.05, 3.63) is 133 Å². The minimum absolute atomic E-state index is 0.0844. The van der Waals surface area contributed by atoms with Gasteiger partial charge in [0.25, 0.3) is 11.5 Å². The summed E-state index contributed by atoms with van der Waals surface area (Å²) >= 11 is 5.82. The smallest absolute Gasteiger partial charge is 0.332 e. The highest BCUT2D eigenvalue weighted by molar-refractivity contribution is 6.31. The van der Waals surface area contributed by atoms with Gasteiger partial charge < -0.3 is 20.1 Å². The summed E-state index contributed by atoms with van der Waals surface area (Å²) in [6.45, 7) is -0.0974. The molecular formula is C34H30ClFN4O6. The van der Waals surface area contributed by atoms with E-state index in [0.29, 0.717) is 41.1 Å². The zero-order valence-electron chi connectivity index (χ0n) is 25.0. The van der Waals surface area contributed by atoms with Crippen LogP contribution in [0.2, 0.25) is 5.02 Å². The van der Waals surface area contributed by atoms with Gasteiger partial charge in [0.15, 0.2) is 11.5 Å². The van der Waals surface area contributed by atoms with Gasteiger partial charge in [-0.05, 0) is 72.1 Å². The number of aromatic nitrogens is 2. The molecule has 0 aliphatic heterocycles. The van der Waals surface area contributed by atoms with E-state index in [4.69, 9.17) is 21.1 Å². The second kappa shape index (κ2) is 14.1. The molecule has 0 unspecified atom stereocenters. The van der Waals surface area contributed by atoms with Crippen molar-refractivity contribution in [1.29, 1.82) is 0 Å². The van der Waals surface area contributed by atoms with E-state index < -0.39 is 29.5 Å². The predicted molar refractivity (Wildman–Crippen MR) is 174 cm³/mol. The van der Waals surface area contributed by atoms with E-state index in [0.717, 1.165) is 16.2 Å². The summed E-state index contributed by atoms with van der Waals surface area (Å²) in [4.78, 5) is 52.6. The van der Waals surface area contributed by atoms with Gasteiger partial charge >= 0.3 is 5.69 Å². The van der Waals surface area contributed by atoms with Gasteiger partial charge in [0.2, 0.25) is 5.91 Å². The maximum atomic E-state index is 13.6. The number of anilines is 1. The molecule has 0 aliphatic carbocycles. The number of methoxy groups -OCH3 is 2. The molecule has 0 saturated carbocycles. The molecule has 0 atom stereocenters. The van der Waals surface area contributed by atoms with Crippen LogP contribution in [-0.2, 0) is 24.3 Å². The van der Waals surface area contributed by atoms with Gasteiger partial charge in [0.1, 0.15) is 12.4 Å². The van der Waals surface area contributed by atoms with Crippen LogP contribution >= 0.6 is 11.6 Å². The molecule has 2 amide bonds. The Morgan fingerprint density at radius 1 is 0.848 bits per heavy atom. The van der Waals surface area contributed by atoms with E-state index in [9.17, 15) is 23.6 Å². The Morgan fingerprint density at radius 2 is 1.57 bits per heavy atom. The number of benzene rings is 4. The summed E-state index contributed by atoms with van der Waals surface area (Å²) in [5.41, 5.74) is 1.34. The van der Waals surface area contributed by atoms with Gasteiger partial charge in [-0.3, -0.25) is 23.5 Å². The molecule has 4 aromatic carbocycles. The molecule has 12 heteroatoms. The number of para-hydroxylation sites is 1. The van der Waals surface area contributed by atoms with Crippen molar-refractivity contribution in [2.45, 2.75) is 19.5 Å². The van der Waals surface area contributed by atoms with E-state index in [-0.39, 0.29) is 28.5 Å². The quantitative estimate of drug-likeness (QED) is 0.216. The second-order valence-corrected chi connectivity index (χ2v) is 10.8. The number of carbonyl (C=O) groups excluding carboxylic acids is 2. The van der Waals surface area contributed by atoms with E-state index in [1.165, 1.54) is 16.7 Å². The lowest BCUT2D eigenvalue weighted by atomic mass is 10.1. The number of fused-ring (bicyclic) bond motifs is 1. The van der Waals surface area contributed by atoms with Crippen LogP contribution in [0.1, 0.15) is 21.5 Å². The van der Waals surface area contributed by atoms with Gasteiger partial charge in [-0.1, -0.05) is 41.9 Å². The van der Waals surface area contributed by atoms with E-state index in [1.54, 1.807) is 62.8 Å². The van der Waals surface area contributed by atoms with Crippen LogP contribution in [0.25, 0.3) is 10.9 Å². The summed E-state index contributed by atoms with van der Waals surface area (Å²) in [5.74, 6) is -0.239. The Bertz CT molecular complexity index is 2040. The highest BCUT2D eigenvalue weighted by Crippen LogP contribution is 2.27. The van der Waals surface area contributed by atoms with Crippen LogP contribution in [0.15, 0.2) is 94.5 Å². The van der Waals surface area contributed by atoms with Gasteiger partial charge in [-0.25, -0.2) is 9.18 Å². The Balaban J connectivity index is 1.30. The number of nitrogens with one attached hydrogen (secondary N) is 2. The Hall–Kier alpha value is -5.42. The van der Waals surface area contributed by atoms with E-state index in [2.05, 4.69) is 10.6 Å². The van der Waals surface area contributed by atoms with Crippen LogP contribution in [0, 0.1) is 5.82 Å². The Morgan fingerprint density at radius 3 is 2.28 bits per heavy atom. The van der Waals surface area contributed by atoms with Crippen LogP contribution in [0.5, 0.6) is 11.5 Å². The lowest BCUT2D eigenvalue weighted by molar-refractivity contribution is -0.116. The van der Waals surface area contributed by atoms with E-state index >= 15 is 0 Å². The average molecular weight is 645 g/mol. The number of amides is 2. The third kappa shape index (κ3) is 7.10. The fourth-order valence-electron chi connectivity index (χ4n) is 4.98. The van der Waals surface area contributed by atoms with Crippen molar-refractivity contribution in [3.8, 4) is 11.5 Å². The number of nitrogens with zero attached hydrogens (tertiary/aromatic N) is 2. The SMILES string of the molecule is COc1ccc(CCNC(=O)c2ccc(Cn3c(=O)c4ccccc4n(CC(=O)Nc4ccc(F)c(Cl)c4)c3=O)cc2)cc1OC. The molecule has 0 radical (unpaired) electrons.